The lowest BCUT2D eigenvalue weighted by Gasteiger charge is -2.46. The second-order valence-electron chi connectivity index (χ2n) is 8.06. The molecule has 1 aliphatic heterocycles. The number of likely N-dealkylation sites (tertiary alicyclic amines) is 1. The highest BCUT2D eigenvalue weighted by atomic mass is 19.2. The smallest absolute Gasteiger partial charge is 0.293 e. The van der Waals surface area contributed by atoms with Crippen molar-refractivity contribution < 1.29 is 32.2 Å². The molecule has 1 amide bonds. The average molecular weight is 414 g/mol. The zero-order valence-corrected chi connectivity index (χ0v) is 16.2. The van der Waals surface area contributed by atoms with Gasteiger partial charge >= 0.3 is 0 Å². The third kappa shape index (κ3) is 4.83. The summed E-state index contributed by atoms with van der Waals surface area (Å²) in [4.78, 5) is 24.7. The van der Waals surface area contributed by atoms with Crippen molar-refractivity contribution in [1.82, 2.24) is 4.90 Å². The van der Waals surface area contributed by atoms with Crippen molar-refractivity contribution in [3.63, 3.8) is 0 Å². The van der Waals surface area contributed by atoms with Gasteiger partial charge in [-0.1, -0.05) is 0 Å². The third-order valence-electron chi connectivity index (χ3n) is 5.90. The Kier molecular flexibility index (Phi) is 6.36. The summed E-state index contributed by atoms with van der Waals surface area (Å²) in [7, 11) is 0. The number of nitrogens with zero attached hydrogens (tertiary/aromatic N) is 1. The van der Waals surface area contributed by atoms with Gasteiger partial charge in [-0.25, -0.2) is 13.2 Å². The van der Waals surface area contributed by atoms with Crippen LogP contribution in [-0.2, 0) is 14.3 Å². The Morgan fingerprint density at radius 3 is 2.48 bits per heavy atom. The van der Waals surface area contributed by atoms with Crippen molar-refractivity contribution in [2.24, 2.45) is 17.6 Å². The Morgan fingerprint density at radius 2 is 1.86 bits per heavy atom. The predicted molar refractivity (Wildman–Crippen MR) is 97.4 cm³/mol. The standard InChI is InChI=1S/C20H25F3N2O4/c1-12(29-18-7-16(22)15(21)6-17(18)23)13-2-4-25(5-3-13)19(27)14-8-20(24,9-14)10-28-11-26/h6-7,11-14H,2-5,8-10,24H2,1H3/t12?,14-,20+. The van der Waals surface area contributed by atoms with Gasteiger partial charge in [0.1, 0.15) is 6.61 Å². The Hall–Kier alpha value is -2.29. The van der Waals surface area contributed by atoms with E-state index in [1.54, 1.807) is 11.8 Å². The first-order valence-corrected chi connectivity index (χ1v) is 9.66. The Bertz CT molecular complexity index is 762. The summed E-state index contributed by atoms with van der Waals surface area (Å²) in [6, 6.07) is 1.18. The predicted octanol–water partition coefficient (Wildman–Crippen LogP) is 2.39. The molecule has 1 atom stereocenters. The minimum absolute atomic E-state index is 0.0378. The summed E-state index contributed by atoms with van der Waals surface area (Å²) in [6.45, 7) is 3.29. The molecule has 0 radical (unpaired) electrons. The molecule has 0 aromatic heterocycles. The molecule has 2 aliphatic rings. The number of carbonyl (C=O) groups excluding carboxylic acids is 2. The molecule has 160 valence electrons. The second kappa shape index (κ2) is 8.61. The van der Waals surface area contributed by atoms with E-state index in [9.17, 15) is 22.8 Å². The molecule has 1 aliphatic carbocycles. The van der Waals surface area contributed by atoms with Crippen LogP contribution in [0.5, 0.6) is 5.75 Å². The van der Waals surface area contributed by atoms with Crippen LogP contribution in [0.15, 0.2) is 12.1 Å². The third-order valence-corrected chi connectivity index (χ3v) is 5.90. The van der Waals surface area contributed by atoms with E-state index in [1.165, 1.54) is 0 Å². The second-order valence-corrected chi connectivity index (χ2v) is 8.06. The zero-order valence-electron chi connectivity index (χ0n) is 16.2. The van der Waals surface area contributed by atoms with E-state index in [0.717, 1.165) is 0 Å². The number of halogens is 3. The van der Waals surface area contributed by atoms with Crippen molar-refractivity contribution in [2.75, 3.05) is 19.7 Å². The van der Waals surface area contributed by atoms with E-state index in [2.05, 4.69) is 0 Å². The molecule has 1 aromatic rings. The first-order chi connectivity index (χ1) is 13.7. The number of rotatable bonds is 7. The van der Waals surface area contributed by atoms with Crippen LogP contribution in [0, 0.1) is 29.3 Å². The van der Waals surface area contributed by atoms with Gasteiger partial charge in [-0.05, 0) is 38.5 Å². The molecular formula is C20H25F3N2O4. The van der Waals surface area contributed by atoms with E-state index in [1.807, 2.05) is 0 Å². The fourth-order valence-corrected chi connectivity index (χ4v) is 4.15. The van der Waals surface area contributed by atoms with Crippen LogP contribution in [0.4, 0.5) is 13.2 Å². The van der Waals surface area contributed by atoms with Crippen LogP contribution >= 0.6 is 0 Å². The highest BCUT2D eigenvalue weighted by Crippen LogP contribution is 2.38. The van der Waals surface area contributed by atoms with Gasteiger partial charge in [0.05, 0.1) is 11.6 Å². The number of benzene rings is 1. The maximum atomic E-state index is 13.8. The lowest BCUT2D eigenvalue weighted by Crippen LogP contribution is -2.59. The molecule has 1 saturated heterocycles. The van der Waals surface area contributed by atoms with E-state index < -0.39 is 29.1 Å². The number of hydrogen-bond donors (Lipinski definition) is 1. The molecule has 1 heterocycles. The van der Waals surface area contributed by atoms with Crippen LogP contribution < -0.4 is 10.5 Å². The minimum atomic E-state index is -1.26. The summed E-state index contributed by atoms with van der Waals surface area (Å²) < 4.78 is 50.4. The van der Waals surface area contributed by atoms with Gasteiger partial charge in [0.15, 0.2) is 23.2 Å². The Morgan fingerprint density at radius 1 is 1.24 bits per heavy atom. The zero-order chi connectivity index (χ0) is 21.2. The largest absolute Gasteiger partial charge is 0.487 e. The van der Waals surface area contributed by atoms with Gasteiger partial charge < -0.3 is 20.1 Å². The molecule has 1 unspecified atom stereocenters. The molecule has 3 rings (SSSR count). The molecule has 1 saturated carbocycles. The van der Waals surface area contributed by atoms with Crippen LogP contribution in [-0.4, -0.2) is 48.6 Å². The van der Waals surface area contributed by atoms with Crippen molar-refractivity contribution in [2.45, 2.75) is 44.2 Å². The molecule has 1 aromatic carbocycles. The Balaban J connectivity index is 1.47. The van der Waals surface area contributed by atoms with Crippen molar-refractivity contribution in [3.8, 4) is 5.75 Å². The highest BCUT2D eigenvalue weighted by molar-refractivity contribution is 5.80. The molecule has 0 bridgehead atoms. The van der Waals surface area contributed by atoms with Gasteiger partial charge in [0.25, 0.3) is 6.47 Å². The maximum Gasteiger partial charge on any atom is 0.293 e. The summed E-state index contributed by atoms with van der Waals surface area (Å²) in [5, 5.41) is 0. The molecule has 0 spiro atoms. The normalized spacial score (nSPS) is 25.8. The minimum Gasteiger partial charge on any atom is -0.487 e. The van der Waals surface area contributed by atoms with Gasteiger partial charge in [-0.2, -0.15) is 0 Å². The summed E-state index contributed by atoms with van der Waals surface area (Å²) in [5.74, 6) is -3.76. The topological polar surface area (TPSA) is 81.9 Å². The number of amides is 1. The van der Waals surface area contributed by atoms with E-state index in [-0.39, 0.29) is 30.1 Å². The molecule has 2 fully saturated rings. The summed E-state index contributed by atoms with van der Waals surface area (Å²) >= 11 is 0. The van der Waals surface area contributed by atoms with E-state index in [4.69, 9.17) is 15.2 Å². The van der Waals surface area contributed by atoms with E-state index >= 15 is 0 Å². The molecular weight excluding hydrogens is 389 g/mol. The Labute approximate surface area is 167 Å². The number of nitrogens with two attached hydrogens (primary N) is 1. The van der Waals surface area contributed by atoms with Crippen LogP contribution in [0.3, 0.4) is 0 Å². The van der Waals surface area contributed by atoms with Crippen molar-refractivity contribution in [1.29, 1.82) is 0 Å². The first-order valence-electron chi connectivity index (χ1n) is 9.66. The van der Waals surface area contributed by atoms with Crippen LogP contribution in [0.25, 0.3) is 0 Å². The summed E-state index contributed by atoms with van der Waals surface area (Å²) in [5.41, 5.74) is 5.43. The monoisotopic (exact) mass is 414 g/mol. The van der Waals surface area contributed by atoms with Crippen molar-refractivity contribution in [3.05, 3.63) is 29.6 Å². The molecule has 29 heavy (non-hydrogen) atoms. The number of hydrogen-bond acceptors (Lipinski definition) is 5. The van der Waals surface area contributed by atoms with Gasteiger partial charge in [-0.3, -0.25) is 9.59 Å². The van der Waals surface area contributed by atoms with Gasteiger partial charge in [-0.15, -0.1) is 0 Å². The van der Waals surface area contributed by atoms with Crippen LogP contribution in [0.1, 0.15) is 32.6 Å². The number of piperidine rings is 1. The first kappa shape index (κ1) is 21.4. The molecule has 2 N–H and O–H groups in total. The van der Waals surface area contributed by atoms with Crippen LogP contribution in [0.2, 0.25) is 0 Å². The fourth-order valence-electron chi connectivity index (χ4n) is 4.15. The maximum absolute atomic E-state index is 13.8. The summed E-state index contributed by atoms with van der Waals surface area (Å²) in [6.07, 6.45) is 1.87. The highest BCUT2D eigenvalue weighted by Gasteiger charge is 2.46. The number of carbonyl (C=O) groups is 2. The van der Waals surface area contributed by atoms with Gasteiger partial charge in [0, 0.05) is 31.1 Å². The quantitative estimate of drug-likeness (QED) is 0.547. The molecule has 9 heteroatoms. The fraction of sp³-hybridized carbons (Fsp3) is 0.600. The molecule has 6 nitrogen and oxygen atoms in total. The lowest BCUT2D eigenvalue weighted by molar-refractivity contribution is -0.145. The van der Waals surface area contributed by atoms with Gasteiger partial charge in [0.2, 0.25) is 5.91 Å². The lowest BCUT2D eigenvalue weighted by atomic mass is 9.68. The SMILES string of the molecule is CC(Oc1cc(F)c(F)cc1F)C1CCN(C(=O)[C@H]2C[C@](N)(COC=O)C2)CC1. The van der Waals surface area contributed by atoms with E-state index in [0.29, 0.717) is 57.4 Å². The average Bonchev–Trinajstić information content (AvgIpc) is 2.68. The number of ether oxygens (including phenoxy) is 2. The van der Waals surface area contributed by atoms with Crippen molar-refractivity contribution >= 4 is 12.4 Å².